The predicted octanol–water partition coefficient (Wildman–Crippen LogP) is 6.40. The SMILES string of the molecule is CCCCCCCCCCCCC(CCCCCCCCCCC)O[C@@H]1O[C@H](CO)[C@@H](O)[C@H](O)[C@H]1O. The molecule has 0 bridgehead atoms. The molecule has 1 fully saturated rings. The molecule has 6 heteroatoms. The summed E-state index contributed by atoms with van der Waals surface area (Å²) in [5.41, 5.74) is 0. The van der Waals surface area contributed by atoms with Gasteiger partial charge in [0.05, 0.1) is 12.7 Å². The standard InChI is InChI=1S/C30H60O6/c1-3-5-7-9-11-13-15-17-19-21-23-25(22-20-18-16-14-12-10-8-6-4-2)35-30-29(34)28(33)27(32)26(24-31)36-30/h25-34H,3-24H2,1-2H3/t25?,26-,27-,28+,29-,30-/m1/s1. The Morgan fingerprint density at radius 1 is 0.556 bits per heavy atom. The van der Waals surface area contributed by atoms with Crippen LogP contribution in [0.5, 0.6) is 0 Å². The van der Waals surface area contributed by atoms with Crippen LogP contribution in [0, 0.1) is 0 Å². The summed E-state index contributed by atoms with van der Waals surface area (Å²) in [5, 5.41) is 40.1. The van der Waals surface area contributed by atoms with Gasteiger partial charge in [0.2, 0.25) is 0 Å². The maximum atomic E-state index is 10.4. The van der Waals surface area contributed by atoms with E-state index in [9.17, 15) is 20.4 Å². The van der Waals surface area contributed by atoms with E-state index in [1.165, 1.54) is 109 Å². The Kier molecular flexibility index (Phi) is 21.3. The van der Waals surface area contributed by atoms with Gasteiger partial charge in [0, 0.05) is 0 Å². The van der Waals surface area contributed by atoms with E-state index in [2.05, 4.69) is 13.8 Å². The molecule has 0 aliphatic carbocycles. The Hall–Kier alpha value is -0.240. The minimum atomic E-state index is -1.38. The second-order valence-electron chi connectivity index (χ2n) is 11.0. The third-order valence-corrected chi connectivity index (χ3v) is 7.68. The average molecular weight is 517 g/mol. The van der Waals surface area contributed by atoms with E-state index in [4.69, 9.17) is 9.47 Å². The first kappa shape index (κ1) is 33.8. The summed E-state index contributed by atoms with van der Waals surface area (Å²) >= 11 is 0. The molecule has 1 unspecified atom stereocenters. The Labute approximate surface area is 222 Å². The van der Waals surface area contributed by atoms with E-state index in [0.29, 0.717) is 0 Å². The van der Waals surface area contributed by atoms with Gasteiger partial charge < -0.3 is 29.9 Å². The van der Waals surface area contributed by atoms with Gasteiger partial charge in [0.25, 0.3) is 0 Å². The molecule has 36 heavy (non-hydrogen) atoms. The quantitative estimate of drug-likeness (QED) is 0.111. The Balaban J connectivity index is 2.37. The number of hydrogen-bond donors (Lipinski definition) is 4. The van der Waals surface area contributed by atoms with Gasteiger partial charge in [0.1, 0.15) is 24.4 Å². The van der Waals surface area contributed by atoms with Crippen LogP contribution in [0.25, 0.3) is 0 Å². The Bertz CT molecular complexity index is 474. The van der Waals surface area contributed by atoms with Gasteiger partial charge >= 0.3 is 0 Å². The fourth-order valence-electron chi connectivity index (χ4n) is 5.19. The van der Waals surface area contributed by atoms with E-state index in [1.807, 2.05) is 0 Å². The van der Waals surface area contributed by atoms with Crippen molar-refractivity contribution in [2.45, 2.75) is 185 Å². The first-order valence-corrected chi connectivity index (χ1v) is 15.5. The smallest absolute Gasteiger partial charge is 0.186 e. The summed E-state index contributed by atoms with van der Waals surface area (Å²) in [7, 11) is 0. The van der Waals surface area contributed by atoms with Crippen LogP contribution in [-0.4, -0.2) is 63.8 Å². The molecule has 6 nitrogen and oxygen atoms in total. The van der Waals surface area contributed by atoms with Crippen molar-refractivity contribution < 1.29 is 29.9 Å². The zero-order valence-electron chi connectivity index (χ0n) is 23.6. The number of unbranched alkanes of at least 4 members (excludes halogenated alkanes) is 17. The van der Waals surface area contributed by atoms with Crippen LogP contribution < -0.4 is 0 Å². The minimum Gasteiger partial charge on any atom is -0.394 e. The summed E-state index contributed by atoms with van der Waals surface area (Å²) in [6.07, 6.45) is 20.1. The largest absolute Gasteiger partial charge is 0.394 e. The maximum Gasteiger partial charge on any atom is 0.186 e. The van der Waals surface area contributed by atoms with Crippen molar-refractivity contribution in [1.82, 2.24) is 0 Å². The molecular formula is C30H60O6. The second kappa shape index (κ2) is 22.7. The van der Waals surface area contributed by atoms with Crippen molar-refractivity contribution in [1.29, 1.82) is 0 Å². The van der Waals surface area contributed by atoms with Gasteiger partial charge in [-0.1, -0.05) is 136 Å². The molecule has 0 aromatic heterocycles. The molecule has 0 aromatic rings. The molecule has 6 atom stereocenters. The predicted molar refractivity (Wildman–Crippen MR) is 147 cm³/mol. The van der Waals surface area contributed by atoms with Crippen LogP contribution in [0.2, 0.25) is 0 Å². The van der Waals surface area contributed by atoms with E-state index < -0.39 is 37.3 Å². The fourth-order valence-corrected chi connectivity index (χ4v) is 5.19. The molecule has 1 aliphatic rings. The van der Waals surface area contributed by atoms with E-state index in [-0.39, 0.29) is 6.10 Å². The molecule has 0 saturated carbocycles. The van der Waals surface area contributed by atoms with Gasteiger partial charge in [-0.25, -0.2) is 0 Å². The van der Waals surface area contributed by atoms with Gasteiger partial charge in [-0.3, -0.25) is 0 Å². The summed E-state index contributed by atoms with van der Waals surface area (Å²) in [5.74, 6) is 0. The summed E-state index contributed by atoms with van der Waals surface area (Å²) in [6, 6.07) is 0. The molecule has 4 N–H and O–H groups in total. The summed E-state index contributed by atoms with van der Waals surface area (Å²) < 4.78 is 11.8. The summed E-state index contributed by atoms with van der Waals surface area (Å²) in [4.78, 5) is 0. The van der Waals surface area contributed by atoms with Crippen molar-refractivity contribution >= 4 is 0 Å². The molecule has 0 aromatic carbocycles. The van der Waals surface area contributed by atoms with Gasteiger partial charge in [0.15, 0.2) is 6.29 Å². The lowest BCUT2D eigenvalue weighted by atomic mass is 9.98. The molecule has 1 aliphatic heterocycles. The number of hydrogen-bond acceptors (Lipinski definition) is 6. The average Bonchev–Trinajstić information content (AvgIpc) is 2.88. The highest BCUT2D eigenvalue weighted by atomic mass is 16.7. The van der Waals surface area contributed by atoms with Crippen molar-refractivity contribution in [3.05, 3.63) is 0 Å². The van der Waals surface area contributed by atoms with Crippen LogP contribution in [-0.2, 0) is 9.47 Å². The zero-order valence-corrected chi connectivity index (χ0v) is 23.6. The molecular weight excluding hydrogens is 456 g/mol. The number of rotatable bonds is 24. The molecule has 1 rings (SSSR count). The molecule has 0 spiro atoms. The Morgan fingerprint density at radius 2 is 0.944 bits per heavy atom. The van der Waals surface area contributed by atoms with Crippen LogP contribution in [0.3, 0.4) is 0 Å². The molecule has 0 radical (unpaired) electrons. The lowest BCUT2D eigenvalue weighted by molar-refractivity contribution is -0.312. The maximum absolute atomic E-state index is 10.4. The normalized spacial score (nSPS) is 25.3. The van der Waals surface area contributed by atoms with Crippen molar-refractivity contribution in [3.63, 3.8) is 0 Å². The molecule has 216 valence electrons. The van der Waals surface area contributed by atoms with Crippen LogP contribution >= 0.6 is 0 Å². The Morgan fingerprint density at radius 3 is 1.33 bits per heavy atom. The number of ether oxygens (including phenoxy) is 2. The summed E-state index contributed by atoms with van der Waals surface area (Å²) in [6.45, 7) is 4.08. The monoisotopic (exact) mass is 516 g/mol. The van der Waals surface area contributed by atoms with E-state index in [1.54, 1.807) is 0 Å². The van der Waals surface area contributed by atoms with Gasteiger partial charge in [-0.15, -0.1) is 0 Å². The third-order valence-electron chi connectivity index (χ3n) is 7.68. The molecule has 1 heterocycles. The fraction of sp³-hybridized carbons (Fsp3) is 1.00. The van der Waals surface area contributed by atoms with Gasteiger partial charge in [-0.05, 0) is 12.8 Å². The first-order chi connectivity index (χ1) is 17.5. The van der Waals surface area contributed by atoms with E-state index in [0.717, 1.165) is 25.7 Å². The van der Waals surface area contributed by atoms with E-state index >= 15 is 0 Å². The molecule has 1 saturated heterocycles. The zero-order chi connectivity index (χ0) is 26.4. The highest BCUT2D eigenvalue weighted by molar-refractivity contribution is 4.89. The van der Waals surface area contributed by atoms with Crippen LogP contribution in [0.1, 0.15) is 149 Å². The minimum absolute atomic E-state index is 0.0509. The molecule has 0 amide bonds. The van der Waals surface area contributed by atoms with Crippen LogP contribution in [0.15, 0.2) is 0 Å². The second-order valence-corrected chi connectivity index (χ2v) is 11.0. The highest BCUT2D eigenvalue weighted by Crippen LogP contribution is 2.26. The van der Waals surface area contributed by atoms with Crippen LogP contribution in [0.4, 0.5) is 0 Å². The highest BCUT2D eigenvalue weighted by Gasteiger charge is 2.44. The van der Waals surface area contributed by atoms with Crippen molar-refractivity contribution in [2.75, 3.05) is 6.61 Å². The number of aliphatic hydroxyl groups excluding tert-OH is 4. The topological polar surface area (TPSA) is 99.4 Å². The lowest BCUT2D eigenvalue weighted by Gasteiger charge is -2.41. The third kappa shape index (κ3) is 15.2. The van der Waals surface area contributed by atoms with Gasteiger partial charge in [-0.2, -0.15) is 0 Å². The van der Waals surface area contributed by atoms with Crippen molar-refractivity contribution in [2.24, 2.45) is 0 Å². The number of aliphatic hydroxyl groups is 4. The first-order valence-electron chi connectivity index (χ1n) is 15.5. The lowest BCUT2D eigenvalue weighted by Crippen LogP contribution is -2.59. The van der Waals surface area contributed by atoms with Crippen molar-refractivity contribution in [3.8, 4) is 0 Å².